The van der Waals surface area contributed by atoms with Crippen LogP contribution in [-0.4, -0.2) is 34.9 Å². The summed E-state index contributed by atoms with van der Waals surface area (Å²) >= 11 is 0. The zero-order chi connectivity index (χ0) is 18.5. The fraction of sp³-hybridized carbons (Fsp3) is 0.381. The number of nitrogens with one attached hydrogen (secondary N) is 1. The van der Waals surface area contributed by atoms with Crippen LogP contribution in [-0.2, 0) is 11.8 Å². The Morgan fingerprint density at radius 3 is 1.96 bits per heavy atom. The van der Waals surface area contributed by atoms with Gasteiger partial charge in [0.2, 0.25) is 0 Å². The molecule has 0 aliphatic heterocycles. The fourth-order valence-electron chi connectivity index (χ4n) is 2.71. The zero-order valence-corrected chi connectivity index (χ0v) is 15.1. The lowest BCUT2D eigenvalue weighted by Gasteiger charge is -2.31. The summed E-state index contributed by atoms with van der Waals surface area (Å²) in [7, 11) is 0. The van der Waals surface area contributed by atoms with Gasteiger partial charge >= 0.3 is 0 Å². The van der Waals surface area contributed by atoms with Crippen LogP contribution in [0.15, 0.2) is 54.6 Å². The van der Waals surface area contributed by atoms with Crippen LogP contribution in [0.2, 0.25) is 0 Å². The molecular weight excluding hydrogens is 314 g/mol. The van der Waals surface area contributed by atoms with Crippen LogP contribution in [0, 0.1) is 0 Å². The smallest absolute Gasteiger partial charge is 0.251 e. The maximum atomic E-state index is 12.6. The quantitative estimate of drug-likeness (QED) is 0.757. The molecule has 0 saturated heterocycles. The van der Waals surface area contributed by atoms with E-state index in [4.69, 9.17) is 0 Å². The summed E-state index contributed by atoms with van der Waals surface area (Å²) in [5, 5.41) is 22.4. The number of carbonyl (C=O) groups excluding carboxylic acids is 1. The van der Waals surface area contributed by atoms with Crippen LogP contribution in [0.3, 0.4) is 0 Å². The number of benzene rings is 2. The lowest BCUT2D eigenvalue weighted by molar-refractivity contribution is 0.0667. The molecule has 0 heterocycles. The Bertz CT molecular complexity index is 683. The van der Waals surface area contributed by atoms with Crippen molar-refractivity contribution in [2.75, 3.05) is 13.2 Å². The molecule has 0 spiro atoms. The molecule has 2 rings (SSSR count). The molecule has 2 aromatic carbocycles. The number of aliphatic hydroxyl groups excluding tert-OH is 2. The predicted octanol–water partition coefficient (Wildman–Crippen LogP) is 2.68. The first-order valence-electron chi connectivity index (χ1n) is 8.48. The molecule has 134 valence electrons. The van der Waals surface area contributed by atoms with Gasteiger partial charge in [0.25, 0.3) is 5.91 Å². The highest BCUT2D eigenvalue weighted by atomic mass is 16.3. The van der Waals surface area contributed by atoms with Crippen molar-refractivity contribution < 1.29 is 15.0 Å². The van der Waals surface area contributed by atoms with E-state index in [1.165, 1.54) is 0 Å². The van der Waals surface area contributed by atoms with E-state index < -0.39 is 5.54 Å². The van der Waals surface area contributed by atoms with Crippen molar-refractivity contribution in [2.24, 2.45) is 0 Å². The van der Waals surface area contributed by atoms with Crippen LogP contribution in [0.25, 0.3) is 0 Å². The molecule has 0 unspecified atom stereocenters. The van der Waals surface area contributed by atoms with Crippen LogP contribution < -0.4 is 5.32 Å². The third-order valence-corrected chi connectivity index (χ3v) is 4.38. The lowest BCUT2D eigenvalue weighted by atomic mass is 9.86. The second-order valence-electron chi connectivity index (χ2n) is 7.54. The first-order chi connectivity index (χ1) is 11.8. The van der Waals surface area contributed by atoms with Crippen molar-refractivity contribution in [1.82, 2.24) is 5.32 Å². The summed E-state index contributed by atoms with van der Waals surface area (Å²) in [4.78, 5) is 12.6. The summed E-state index contributed by atoms with van der Waals surface area (Å²) < 4.78 is 0. The third kappa shape index (κ3) is 4.91. The van der Waals surface area contributed by atoms with Gasteiger partial charge in [-0.05, 0) is 28.7 Å². The van der Waals surface area contributed by atoms with Crippen molar-refractivity contribution in [3.63, 3.8) is 0 Å². The van der Waals surface area contributed by atoms with E-state index in [1.807, 2.05) is 42.5 Å². The van der Waals surface area contributed by atoms with Gasteiger partial charge in [0.15, 0.2) is 0 Å². The number of carbonyl (C=O) groups is 1. The van der Waals surface area contributed by atoms with Crippen molar-refractivity contribution >= 4 is 5.91 Å². The molecule has 2 aromatic rings. The molecule has 25 heavy (non-hydrogen) atoms. The van der Waals surface area contributed by atoms with Gasteiger partial charge in [-0.3, -0.25) is 4.79 Å². The number of hydrogen-bond acceptors (Lipinski definition) is 3. The van der Waals surface area contributed by atoms with E-state index in [1.54, 1.807) is 12.1 Å². The molecule has 0 radical (unpaired) electrons. The Morgan fingerprint density at radius 2 is 1.48 bits per heavy atom. The third-order valence-electron chi connectivity index (χ3n) is 4.38. The molecule has 0 fully saturated rings. The lowest BCUT2D eigenvalue weighted by Crippen LogP contribution is -2.55. The second-order valence-corrected chi connectivity index (χ2v) is 7.54. The van der Waals surface area contributed by atoms with Gasteiger partial charge < -0.3 is 15.5 Å². The largest absolute Gasteiger partial charge is 0.394 e. The Kier molecular flexibility index (Phi) is 5.98. The van der Waals surface area contributed by atoms with Gasteiger partial charge in [0, 0.05) is 12.0 Å². The molecule has 0 aliphatic rings. The summed E-state index contributed by atoms with van der Waals surface area (Å²) in [5.74, 6) is -0.306. The molecule has 0 saturated carbocycles. The number of hydrogen-bond donors (Lipinski definition) is 3. The van der Waals surface area contributed by atoms with Crippen molar-refractivity contribution in [3.05, 3.63) is 71.3 Å². The van der Waals surface area contributed by atoms with Crippen LogP contribution in [0.4, 0.5) is 0 Å². The van der Waals surface area contributed by atoms with E-state index in [0.717, 1.165) is 11.1 Å². The summed E-state index contributed by atoms with van der Waals surface area (Å²) in [6.07, 6.45) is 0.354. The number of rotatable bonds is 6. The van der Waals surface area contributed by atoms with Crippen molar-refractivity contribution in [3.8, 4) is 0 Å². The Morgan fingerprint density at radius 1 is 0.920 bits per heavy atom. The van der Waals surface area contributed by atoms with E-state index in [2.05, 4.69) is 26.1 Å². The topological polar surface area (TPSA) is 69.6 Å². The van der Waals surface area contributed by atoms with Crippen molar-refractivity contribution in [1.29, 1.82) is 0 Å². The highest BCUT2D eigenvalue weighted by molar-refractivity contribution is 5.94. The zero-order valence-electron chi connectivity index (χ0n) is 15.1. The van der Waals surface area contributed by atoms with Gasteiger partial charge in [-0.25, -0.2) is 0 Å². The average Bonchev–Trinajstić information content (AvgIpc) is 2.61. The minimum Gasteiger partial charge on any atom is -0.394 e. The molecule has 4 nitrogen and oxygen atoms in total. The number of aliphatic hydroxyl groups is 2. The summed E-state index contributed by atoms with van der Waals surface area (Å²) in [6.45, 7) is 5.66. The fourth-order valence-corrected chi connectivity index (χ4v) is 2.71. The monoisotopic (exact) mass is 341 g/mol. The molecule has 1 amide bonds. The highest BCUT2D eigenvalue weighted by Gasteiger charge is 2.31. The first-order valence-corrected chi connectivity index (χ1v) is 8.48. The normalized spacial score (nSPS) is 12.0. The van der Waals surface area contributed by atoms with Crippen LogP contribution in [0.1, 0.15) is 42.3 Å². The van der Waals surface area contributed by atoms with Gasteiger partial charge in [-0.2, -0.15) is 0 Å². The Hall–Kier alpha value is -2.17. The number of amides is 1. The van der Waals surface area contributed by atoms with E-state index in [0.29, 0.717) is 12.0 Å². The predicted molar refractivity (Wildman–Crippen MR) is 99.7 cm³/mol. The average molecular weight is 341 g/mol. The van der Waals surface area contributed by atoms with Gasteiger partial charge in [0.1, 0.15) is 0 Å². The van der Waals surface area contributed by atoms with Gasteiger partial charge in [-0.1, -0.05) is 63.2 Å². The highest BCUT2D eigenvalue weighted by Crippen LogP contribution is 2.22. The molecule has 0 atom stereocenters. The molecule has 0 bridgehead atoms. The first kappa shape index (κ1) is 19.2. The molecular formula is C21H27NO3. The Labute approximate surface area is 149 Å². The Balaban J connectivity index is 2.17. The summed E-state index contributed by atoms with van der Waals surface area (Å²) in [6, 6.07) is 16.9. The van der Waals surface area contributed by atoms with E-state index in [9.17, 15) is 15.0 Å². The minimum atomic E-state index is -1.10. The molecule has 0 aromatic heterocycles. The molecule has 0 aliphatic carbocycles. The standard InChI is InChI=1S/C21H27NO3/c1-20(2,3)18-11-9-17(10-12-18)19(25)22-21(14-23,15-24)13-16-7-5-4-6-8-16/h4-12,23-24H,13-15H2,1-3H3,(H,22,25). The summed E-state index contributed by atoms with van der Waals surface area (Å²) in [5.41, 5.74) is 1.51. The van der Waals surface area contributed by atoms with Gasteiger partial charge in [0.05, 0.1) is 18.8 Å². The van der Waals surface area contributed by atoms with E-state index in [-0.39, 0.29) is 24.5 Å². The second kappa shape index (κ2) is 7.81. The molecule has 3 N–H and O–H groups in total. The van der Waals surface area contributed by atoms with Crippen molar-refractivity contribution in [2.45, 2.75) is 38.1 Å². The van der Waals surface area contributed by atoms with Crippen LogP contribution >= 0.6 is 0 Å². The minimum absolute atomic E-state index is 0.0161. The van der Waals surface area contributed by atoms with Crippen LogP contribution in [0.5, 0.6) is 0 Å². The SMILES string of the molecule is CC(C)(C)c1ccc(C(=O)NC(CO)(CO)Cc2ccccc2)cc1. The maximum absolute atomic E-state index is 12.6. The maximum Gasteiger partial charge on any atom is 0.251 e. The van der Waals surface area contributed by atoms with Gasteiger partial charge in [-0.15, -0.1) is 0 Å². The molecule has 4 heteroatoms. The van der Waals surface area contributed by atoms with E-state index >= 15 is 0 Å².